The predicted molar refractivity (Wildman–Crippen MR) is 78.2 cm³/mol. The molecule has 1 aromatic rings. The van der Waals surface area contributed by atoms with Gasteiger partial charge in [0.1, 0.15) is 0 Å². The lowest BCUT2D eigenvalue weighted by Crippen LogP contribution is -2.34. The van der Waals surface area contributed by atoms with E-state index in [1.807, 2.05) is 11.8 Å². The van der Waals surface area contributed by atoms with Crippen LogP contribution in [0, 0.1) is 0 Å². The van der Waals surface area contributed by atoms with Crippen molar-refractivity contribution >= 4 is 5.91 Å². The SMILES string of the molecule is CCC(=O)N1CCCN(Cc2ccc(C(F)(F)F)cc2)CC1. The van der Waals surface area contributed by atoms with Crippen molar-refractivity contribution in [2.45, 2.75) is 32.5 Å². The number of hydrogen-bond acceptors (Lipinski definition) is 2. The molecule has 0 spiro atoms. The van der Waals surface area contributed by atoms with E-state index >= 15 is 0 Å². The Bertz CT molecular complexity index is 499. The van der Waals surface area contributed by atoms with Gasteiger partial charge in [-0.05, 0) is 24.1 Å². The Morgan fingerprint density at radius 1 is 1.09 bits per heavy atom. The first-order chi connectivity index (χ1) is 10.4. The second-order valence-corrected chi connectivity index (χ2v) is 5.56. The van der Waals surface area contributed by atoms with Gasteiger partial charge in [0.25, 0.3) is 0 Å². The molecule has 0 N–H and O–H groups in total. The third kappa shape index (κ3) is 4.47. The molecular formula is C16H21F3N2O. The van der Waals surface area contributed by atoms with Crippen molar-refractivity contribution < 1.29 is 18.0 Å². The highest BCUT2D eigenvalue weighted by Gasteiger charge is 2.30. The average molecular weight is 314 g/mol. The van der Waals surface area contributed by atoms with Gasteiger partial charge in [0.05, 0.1) is 5.56 Å². The Balaban J connectivity index is 1.92. The van der Waals surface area contributed by atoms with Crippen LogP contribution in [-0.2, 0) is 17.5 Å². The van der Waals surface area contributed by atoms with Crippen molar-refractivity contribution in [2.24, 2.45) is 0 Å². The Hall–Kier alpha value is -1.56. The first-order valence-electron chi connectivity index (χ1n) is 7.56. The van der Waals surface area contributed by atoms with Crippen molar-refractivity contribution in [3.8, 4) is 0 Å². The van der Waals surface area contributed by atoms with Crippen molar-refractivity contribution in [1.29, 1.82) is 0 Å². The van der Waals surface area contributed by atoms with Gasteiger partial charge in [-0.3, -0.25) is 9.69 Å². The molecule has 0 radical (unpaired) electrons. The molecule has 0 aromatic heterocycles. The largest absolute Gasteiger partial charge is 0.416 e. The van der Waals surface area contributed by atoms with E-state index in [1.54, 1.807) is 0 Å². The van der Waals surface area contributed by atoms with Crippen LogP contribution in [-0.4, -0.2) is 41.9 Å². The summed E-state index contributed by atoms with van der Waals surface area (Å²) in [5.41, 5.74) is 0.245. The number of carbonyl (C=O) groups is 1. The Morgan fingerprint density at radius 2 is 1.77 bits per heavy atom. The average Bonchev–Trinajstić information content (AvgIpc) is 2.72. The van der Waals surface area contributed by atoms with Crippen LogP contribution in [0.4, 0.5) is 13.2 Å². The van der Waals surface area contributed by atoms with Gasteiger partial charge in [-0.2, -0.15) is 13.2 Å². The predicted octanol–water partition coefficient (Wildman–Crippen LogP) is 3.15. The standard InChI is InChI=1S/C16H21F3N2O/c1-2-15(22)21-9-3-8-20(10-11-21)12-13-4-6-14(7-5-13)16(17,18)19/h4-7H,2-3,8-12H2,1H3. The summed E-state index contributed by atoms with van der Waals surface area (Å²) in [6.07, 6.45) is -2.88. The van der Waals surface area contributed by atoms with Crippen molar-refractivity contribution in [1.82, 2.24) is 9.80 Å². The van der Waals surface area contributed by atoms with Gasteiger partial charge in [-0.15, -0.1) is 0 Å². The van der Waals surface area contributed by atoms with Gasteiger partial charge in [0.2, 0.25) is 5.91 Å². The summed E-state index contributed by atoms with van der Waals surface area (Å²) in [5.74, 6) is 0.163. The molecule has 122 valence electrons. The highest BCUT2D eigenvalue weighted by Crippen LogP contribution is 2.29. The van der Waals surface area contributed by atoms with Gasteiger partial charge >= 0.3 is 6.18 Å². The maximum absolute atomic E-state index is 12.5. The van der Waals surface area contributed by atoms with Gasteiger partial charge < -0.3 is 4.90 Å². The molecule has 1 aliphatic heterocycles. The van der Waals surface area contributed by atoms with Gasteiger partial charge in [0, 0.05) is 39.1 Å². The zero-order valence-corrected chi connectivity index (χ0v) is 12.7. The molecule has 1 aromatic carbocycles. The van der Waals surface area contributed by atoms with Crippen LogP contribution < -0.4 is 0 Å². The van der Waals surface area contributed by atoms with E-state index in [-0.39, 0.29) is 5.91 Å². The third-order valence-electron chi connectivity index (χ3n) is 3.93. The summed E-state index contributed by atoms with van der Waals surface area (Å²) < 4.78 is 37.6. The van der Waals surface area contributed by atoms with Gasteiger partial charge in [-0.1, -0.05) is 19.1 Å². The van der Waals surface area contributed by atoms with Crippen LogP contribution in [0.1, 0.15) is 30.9 Å². The third-order valence-corrected chi connectivity index (χ3v) is 3.93. The number of benzene rings is 1. The van der Waals surface area contributed by atoms with Gasteiger partial charge in [0.15, 0.2) is 0 Å². The van der Waals surface area contributed by atoms with Crippen molar-refractivity contribution in [3.63, 3.8) is 0 Å². The van der Waals surface area contributed by atoms with Crippen LogP contribution in [0.2, 0.25) is 0 Å². The topological polar surface area (TPSA) is 23.6 Å². The summed E-state index contributed by atoms with van der Waals surface area (Å²) in [5, 5.41) is 0. The minimum absolute atomic E-state index is 0.163. The monoisotopic (exact) mass is 314 g/mol. The summed E-state index contributed by atoms with van der Waals surface area (Å²) in [4.78, 5) is 15.8. The van der Waals surface area contributed by atoms with E-state index in [4.69, 9.17) is 0 Å². The smallest absolute Gasteiger partial charge is 0.341 e. The molecule has 2 rings (SSSR count). The second-order valence-electron chi connectivity index (χ2n) is 5.56. The van der Waals surface area contributed by atoms with E-state index in [0.29, 0.717) is 19.5 Å². The fourth-order valence-electron chi connectivity index (χ4n) is 2.66. The van der Waals surface area contributed by atoms with Crippen molar-refractivity contribution in [3.05, 3.63) is 35.4 Å². The lowest BCUT2D eigenvalue weighted by molar-refractivity contribution is -0.137. The number of hydrogen-bond donors (Lipinski definition) is 0. The summed E-state index contributed by atoms with van der Waals surface area (Å²) >= 11 is 0. The number of carbonyl (C=O) groups excluding carboxylic acids is 1. The molecule has 0 saturated carbocycles. The molecule has 22 heavy (non-hydrogen) atoms. The lowest BCUT2D eigenvalue weighted by Gasteiger charge is -2.22. The maximum atomic E-state index is 12.5. The van der Waals surface area contributed by atoms with E-state index in [9.17, 15) is 18.0 Å². The van der Waals surface area contributed by atoms with E-state index in [1.165, 1.54) is 12.1 Å². The molecule has 3 nitrogen and oxygen atoms in total. The number of alkyl halides is 3. The number of rotatable bonds is 3. The molecule has 0 unspecified atom stereocenters. The summed E-state index contributed by atoms with van der Waals surface area (Å²) in [7, 11) is 0. The number of nitrogens with zero attached hydrogens (tertiary/aromatic N) is 2. The Kier molecular flexibility index (Phi) is 5.45. The molecule has 1 saturated heterocycles. The van der Waals surface area contributed by atoms with Crippen LogP contribution >= 0.6 is 0 Å². The minimum atomic E-state index is -4.29. The van der Waals surface area contributed by atoms with Crippen LogP contribution in [0.25, 0.3) is 0 Å². The lowest BCUT2D eigenvalue weighted by atomic mass is 10.1. The highest BCUT2D eigenvalue weighted by molar-refractivity contribution is 5.75. The minimum Gasteiger partial charge on any atom is -0.341 e. The summed E-state index contributed by atoms with van der Waals surface area (Å²) in [6, 6.07) is 5.31. The number of halogens is 3. The van der Waals surface area contributed by atoms with Gasteiger partial charge in [-0.25, -0.2) is 0 Å². The molecule has 0 bridgehead atoms. The molecule has 0 atom stereocenters. The van der Waals surface area contributed by atoms with Crippen LogP contribution in [0.3, 0.4) is 0 Å². The molecule has 6 heteroatoms. The van der Waals surface area contributed by atoms with Crippen LogP contribution in [0.15, 0.2) is 24.3 Å². The van der Waals surface area contributed by atoms with Crippen molar-refractivity contribution in [2.75, 3.05) is 26.2 Å². The Morgan fingerprint density at radius 3 is 2.36 bits per heavy atom. The fourth-order valence-corrected chi connectivity index (χ4v) is 2.66. The van der Waals surface area contributed by atoms with E-state index in [0.717, 1.165) is 43.8 Å². The van der Waals surface area contributed by atoms with Crippen LogP contribution in [0.5, 0.6) is 0 Å². The normalized spacial score (nSPS) is 17.4. The summed E-state index contributed by atoms with van der Waals surface area (Å²) in [6.45, 7) is 5.53. The molecule has 1 heterocycles. The highest BCUT2D eigenvalue weighted by atomic mass is 19.4. The molecule has 1 amide bonds. The zero-order chi connectivity index (χ0) is 16.2. The molecule has 1 fully saturated rings. The Labute approximate surface area is 128 Å². The second kappa shape index (κ2) is 7.13. The fraction of sp³-hybridized carbons (Fsp3) is 0.562. The molecule has 0 aliphatic carbocycles. The zero-order valence-electron chi connectivity index (χ0n) is 12.7. The first kappa shape index (κ1) is 16.8. The molecule has 1 aliphatic rings. The maximum Gasteiger partial charge on any atom is 0.416 e. The van der Waals surface area contributed by atoms with E-state index < -0.39 is 11.7 Å². The van der Waals surface area contributed by atoms with E-state index in [2.05, 4.69) is 4.90 Å². The molecular weight excluding hydrogens is 293 g/mol. The number of amides is 1. The quantitative estimate of drug-likeness (QED) is 0.856. The first-order valence-corrected chi connectivity index (χ1v) is 7.56.